The highest BCUT2D eigenvalue weighted by Gasteiger charge is 2.44. The number of aromatic nitrogens is 3. The normalized spacial score (nSPS) is 25.3. The molecule has 216 valence electrons. The zero-order valence-electron chi connectivity index (χ0n) is 23.7. The van der Waals surface area contributed by atoms with Crippen molar-refractivity contribution in [1.29, 1.82) is 0 Å². The number of hydrogen-bond donors (Lipinski definition) is 2. The minimum Gasteiger partial charge on any atom is -0.467 e. The van der Waals surface area contributed by atoms with Gasteiger partial charge in [0.15, 0.2) is 11.6 Å². The summed E-state index contributed by atoms with van der Waals surface area (Å²) in [5, 5.41) is 7.26. The predicted octanol–water partition coefficient (Wildman–Crippen LogP) is 5.11. The number of para-hydroxylation sites is 1. The van der Waals surface area contributed by atoms with Crippen LogP contribution in [0.2, 0.25) is 0 Å². The van der Waals surface area contributed by atoms with Crippen molar-refractivity contribution in [2.75, 3.05) is 50.1 Å². The molecule has 2 aromatic heterocycles. The molecular formula is C31H37F2N7O. The molecule has 3 atom stereocenters. The molecule has 0 amide bonds. The van der Waals surface area contributed by atoms with E-state index in [9.17, 15) is 4.39 Å². The van der Waals surface area contributed by atoms with Crippen LogP contribution in [0.4, 0.5) is 26.1 Å². The van der Waals surface area contributed by atoms with Crippen LogP contribution < -0.4 is 20.3 Å². The molecule has 4 aliphatic rings. The van der Waals surface area contributed by atoms with Crippen molar-refractivity contribution in [2.24, 2.45) is 0 Å². The highest BCUT2D eigenvalue weighted by Crippen LogP contribution is 2.39. The number of anilines is 3. The Labute approximate surface area is 239 Å². The first-order valence-electron chi connectivity index (χ1n) is 14.5. The molecule has 3 aromatic rings. The number of nitrogens with one attached hydrogen (secondary N) is 2. The Morgan fingerprint density at radius 1 is 1.20 bits per heavy atom. The number of fused-ring (bicyclic) bond motifs is 2. The van der Waals surface area contributed by atoms with Crippen molar-refractivity contribution in [2.45, 2.75) is 63.2 Å². The summed E-state index contributed by atoms with van der Waals surface area (Å²) in [6, 6.07) is 6.08. The van der Waals surface area contributed by atoms with Crippen LogP contribution in [0.15, 0.2) is 24.4 Å². The first-order chi connectivity index (χ1) is 19.9. The van der Waals surface area contributed by atoms with Crippen molar-refractivity contribution < 1.29 is 13.5 Å². The summed E-state index contributed by atoms with van der Waals surface area (Å²) in [5.74, 6) is 2.91. The number of nitrogens with zero attached hydrogens (tertiary/aromatic N) is 5. The van der Waals surface area contributed by atoms with E-state index >= 15 is 4.39 Å². The van der Waals surface area contributed by atoms with Gasteiger partial charge in [-0.25, -0.2) is 18.7 Å². The van der Waals surface area contributed by atoms with E-state index in [-0.39, 0.29) is 28.9 Å². The summed E-state index contributed by atoms with van der Waals surface area (Å²) in [6.45, 7) is 6.67. The number of pyridine rings is 1. The number of halogens is 2. The third-order valence-corrected chi connectivity index (χ3v) is 8.90. The zero-order valence-corrected chi connectivity index (χ0v) is 23.7. The third kappa shape index (κ3) is 5.29. The van der Waals surface area contributed by atoms with Crippen molar-refractivity contribution >= 4 is 28.2 Å². The van der Waals surface area contributed by atoms with Gasteiger partial charge < -0.3 is 20.3 Å². The van der Waals surface area contributed by atoms with Crippen molar-refractivity contribution in [3.63, 3.8) is 0 Å². The van der Waals surface area contributed by atoms with E-state index in [1.165, 1.54) is 20.0 Å². The van der Waals surface area contributed by atoms with E-state index in [2.05, 4.69) is 48.2 Å². The van der Waals surface area contributed by atoms with Crippen LogP contribution in [0.25, 0.3) is 10.9 Å². The lowest BCUT2D eigenvalue weighted by Gasteiger charge is -2.33. The fourth-order valence-corrected chi connectivity index (χ4v) is 6.57. The summed E-state index contributed by atoms with van der Waals surface area (Å²) in [5.41, 5.74) is 2.79. The van der Waals surface area contributed by atoms with Gasteiger partial charge in [-0.3, -0.25) is 4.90 Å². The maximum Gasteiger partial charge on any atom is 0.316 e. The molecular weight excluding hydrogens is 524 g/mol. The quantitative estimate of drug-likeness (QED) is 0.416. The Kier molecular flexibility index (Phi) is 7.66. The van der Waals surface area contributed by atoms with Crippen LogP contribution in [0.1, 0.15) is 62.6 Å². The van der Waals surface area contributed by atoms with Crippen LogP contribution in [0.3, 0.4) is 0 Å². The predicted molar refractivity (Wildman–Crippen MR) is 157 cm³/mol. The third-order valence-electron chi connectivity index (χ3n) is 8.90. The van der Waals surface area contributed by atoms with Gasteiger partial charge in [0.05, 0.1) is 18.2 Å². The van der Waals surface area contributed by atoms with Gasteiger partial charge in [0.1, 0.15) is 17.5 Å². The van der Waals surface area contributed by atoms with E-state index in [0.717, 1.165) is 57.4 Å². The second-order valence-electron chi connectivity index (χ2n) is 11.6. The average Bonchev–Trinajstić information content (AvgIpc) is 3.66. The molecule has 7 rings (SSSR count). The van der Waals surface area contributed by atoms with E-state index < -0.39 is 12.0 Å². The zero-order chi connectivity index (χ0) is 28.6. The molecule has 6 heterocycles. The number of methoxy groups -OCH3 is 1. The average molecular weight is 562 g/mol. The largest absolute Gasteiger partial charge is 0.467 e. The Morgan fingerprint density at radius 3 is 2.73 bits per heavy atom. The van der Waals surface area contributed by atoms with Gasteiger partial charge in [0.2, 0.25) is 0 Å². The van der Waals surface area contributed by atoms with Gasteiger partial charge in [-0.05, 0) is 70.2 Å². The minimum absolute atomic E-state index is 0.0945. The molecule has 41 heavy (non-hydrogen) atoms. The van der Waals surface area contributed by atoms with E-state index in [4.69, 9.17) is 11.2 Å². The molecule has 0 bridgehead atoms. The molecule has 0 radical (unpaired) electrons. The number of hydrogen-bond acceptors (Lipinski definition) is 8. The van der Waals surface area contributed by atoms with E-state index in [1.54, 1.807) is 6.20 Å². The van der Waals surface area contributed by atoms with Crippen LogP contribution >= 0.6 is 0 Å². The van der Waals surface area contributed by atoms with Gasteiger partial charge in [-0.1, -0.05) is 18.1 Å². The lowest BCUT2D eigenvalue weighted by molar-refractivity contribution is 0.217. The fraction of sp³-hybridized carbons (Fsp3) is 0.516. The Morgan fingerprint density at radius 2 is 2.05 bits per heavy atom. The van der Waals surface area contributed by atoms with Crippen LogP contribution in [0.5, 0.6) is 6.01 Å². The smallest absolute Gasteiger partial charge is 0.316 e. The second kappa shape index (κ2) is 11.4. The Bertz CT molecular complexity index is 1470. The molecule has 4 fully saturated rings. The van der Waals surface area contributed by atoms with E-state index in [0.29, 0.717) is 29.0 Å². The SMILES string of the molecule is C#Cc1cccc(C2CCCN2)c1Nc1nc(N2CCC2)c2cnc(OC)nc2c1F.CC12CCCN1CC(F)C2. The van der Waals surface area contributed by atoms with Crippen LogP contribution in [-0.4, -0.2) is 71.4 Å². The van der Waals surface area contributed by atoms with Gasteiger partial charge in [-0.15, -0.1) is 6.42 Å². The molecule has 1 aromatic carbocycles. The Hall–Kier alpha value is -3.55. The number of ether oxygens (including phenoxy) is 1. The minimum atomic E-state index is -0.558. The molecule has 0 saturated carbocycles. The number of terminal acetylenes is 1. The molecule has 0 spiro atoms. The standard InChI is InChI=1S/C23H23FN6O.C8H14FN/c1-3-14-7-4-8-15(17-9-5-10-25-17)19(14)27-21-18(24)20-16(13-26-23(28-20)31-2)22(29-21)30-11-6-12-30;1-8-3-2-4-10(8)6-7(9)5-8/h1,4,7-8,13,17,25H,5-6,9-12H2,2H3,(H,27,29);7H,2-6H2,1H3. The first kappa shape index (κ1) is 27.6. The van der Waals surface area contributed by atoms with Gasteiger partial charge in [-0.2, -0.15) is 4.98 Å². The summed E-state index contributed by atoms with van der Waals surface area (Å²) >= 11 is 0. The van der Waals surface area contributed by atoms with Crippen LogP contribution in [-0.2, 0) is 0 Å². The molecule has 0 aliphatic carbocycles. The second-order valence-corrected chi connectivity index (χ2v) is 11.6. The molecule has 10 heteroatoms. The number of benzene rings is 1. The fourth-order valence-electron chi connectivity index (χ4n) is 6.57. The maximum absolute atomic E-state index is 15.6. The van der Waals surface area contributed by atoms with E-state index in [1.807, 2.05) is 18.2 Å². The van der Waals surface area contributed by atoms with Gasteiger partial charge in [0, 0.05) is 43.0 Å². The summed E-state index contributed by atoms with van der Waals surface area (Å²) < 4.78 is 33.6. The summed E-state index contributed by atoms with van der Waals surface area (Å²) in [6.07, 6.45) is 13.2. The first-order valence-corrected chi connectivity index (χ1v) is 14.5. The topological polar surface area (TPSA) is 78.4 Å². The van der Waals surface area contributed by atoms with Gasteiger partial charge in [0.25, 0.3) is 0 Å². The lowest BCUT2D eigenvalue weighted by Crippen LogP contribution is -2.38. The molecule has 3 unspecified atom stereocenters. The molecule has 4 saturated heterocycles. The van der Waals surface area contributed by atoms with Crippen molar-refractivity contribution in [1.82, 2.24) is 25.2 Å². The highest BCUT2D eigenvalue weighted by atomic mass is 19.1. The van der Waals surface area contributed by atoms with Crippen molar-refractivity contribution in [3.8, 4) is 18.4 Å². The number of alkyl halides is 1. The maximum atomic E-state index is 15.6. The summed E-state index contributed by atoms with van der Waals surface area (Å²) in [7, 11) is 1.46. The highest BCUT2D eigenvalue weighted by molar-refractivity contribution is 5.93. The van der Waals surface area contributed by atoms with Crippen molar-refractivity contribution in [3.05, 3.63) is 41.3 Å². The summed E-state index contributed by atoms with van der Waals surface area (Å²) in [4.78, 5) is 17.5. The number of rotatable bonds is 5. The molecule has 2 N–H and O–H groups in total. The Balaban J connectivity index is 0.000000253. The molecule has 4 aliphatic heterocycles. The van der Waals surface area contributed by atoms with Gasteiger partial charge >= 0.3 is 6.01 Å². The lowest BCUT2D eigenvalue weighted by atomic mass is 9.97. The molecule has 8 nitrogen and oxygen atoms in total. The monoisotopic (exact) mass is 561 g/mol. The van der Waals surface area contributed by atoms with Crippen LogP contribution in [0, 0.1) is 18.2 Å².